The Morgan fingerprint density at radius 1 is 1.41 bits per heavy atom. The maximum Gasteiger partial charge on any atom is 0.633 e. The first-order chi connectivity index (χ1) is 7.57. The van der Waals surface area contributed by atoms with E-state index >= 15 is 0 Å². The fourth-order valence-corrected chi connectivity index (χ4v) is 4.22. The molecule has 3 saturated heterocycles. The Morgan fingerprint density at radius 2 is 2.00 bits per heavy atom. The van der Waals surface area contributed by atoms with Gasteiger partial charge in [0.2, 0.25) is 10.1 Å². The van der Waals surface area contributed by atoms with Crippen LogP contribution in [0.5, 0.6) is 0 Å². The zero-order chi connectivity index (χ0) is 13.1. The quantitative estimate of drug-likeness (QED) is 0.544. The summed E-state index contributed by atoms with van der Waals surface area (Å²) in [5, 5.41) is -1.63. The second-order valence-corrected chi connectivity index (χ2v) is 7.77. The molecule has 3 heterocycles. The van der Waals surface area contributed by atoms with Gasteiger partial charge in [0.25, 0.3) is 5.97 Å². The molecule has 0 amide bonds. The number of carbonyl (C=O) groups excluding carboxylic acids is 1. The van der Waals surface area contributed by atoms with E-state index in [0.717, 1.165) is 0 Å². The first-order valence-corrected chi connectivity index (χ1v) is 7.86. The van der Waals surface area contributed by atoms with Gasteiger partial charge in [-0.25, -0.2) is 8.42 Å². The third-order valence-corrected chi connectivity index (χ3v) is 5.41. The zero-order valence-corrected chi connectivity index (χ0v) is 10.3. The second kappa shape index (κ2) is 3.24. The highest BCUT2D eigenvalue weighted by Crippen LogP contribution is 2.36. The van der Waals surface area contributed by atoms with Crippen LogP contribution in [-0.4, -0.2) is 40.3 Å². The van der Waals surface area contributed by atoms with Gasteiger partial charge in [0, 0.05) is 18.4 Å². The van der Waals surface area contributed by atoms with E-state index in [-0.39, 0.29) is 12.2 Å². The van der Waals surface area contributed by atoms with Crippen molar-refractivity contribution in [2.45, 2.75) is 11.7 Å². The van der Waals surface area contributed by atoms with Gasteiger partial charge >= 0.3 is 6.03 Å². The molecule has 3 aliphatic heterocycles. The highest BCUT2D eigenvalue weighted by molar-refractivity contribution is 8.20. The van der Waals surface area contributed by atoms with Crippen molar-refractivity contribution in [1.82, 2.24) is 0 Å². The molecular formula is C6H8BO8S2-. The largest absolute Gasteiger partial charge is 0.650 e. The monoisotopic (exact) mass is 283 g/mol. The molecule has 2 unspecified atom stereocenters. The molecule has 0 radical (unpaired) electrons. The molecule has 0 aliphatic carbocycles. The van der Waals surface area contributed by atoms with Crippen LogP contribution >= 0.6 is 0 Å². The van der Waals surface area contributed by atoms with Gasteiger partial charge in [0.15, 0.2) is 5.25 Å². The van der Waals surface area contributed by atoms with Crippen LogP contribution in [0.25, 0.3) is 0 Å². The van der Waals surface area contributed by atoms with Gasteiger partial charge in [-0.05, 0) is 0 Å². The number of rotatable bonds is 1. The predicted octanol–water partition coefficient (Wildman–Crippen LogP) is -1.33. The standard InChI is InChI=1S/C6H8BO8S2/c1-4-3-5-6(8)14-7(13-4,16(2,9)10)15-17(5,11)12/h5H,1,3H2,2H3/q-1. The molecule has 0 aromatic heterocycles. The Morgan fingerprint density at radius 3 is 2.47 bits per heavy atom. The minimum atomic E-state index is -4.40. The molecule has 3 aliphatic rings. The van der Waals surface area contributed by atoms with E-state index in [4.69, 9.17) is 4.65 Å². The summed E-state index contributed by atoms with van der Waals surface area (Å²) in [7, 11) is -8.62. The van der Waals surface area contributed by atoms with E-state index in [1.165, 1.54) is 0 Å². The van der Waals surface area contributed by atoms with Gasteiger partial charge in [0.05, 0.1) is 0 Å². The number of allylic oxidation sites excluding steroid dienone is 1. The lowest BCUT2D eigenvalue weighted by atomic mass is 10.2. The molecule has 0 saturated carbocycles. The van der Waals surface area contributed by atoms with Gasteiger partial charge in [0.1, 0.15) is 9.69 Å². The van der Waals surface area contributed by atoms with E-state index in [0.29, 0.717) is 6.26 Å². The Balaban J connectivity index is 2.69. The van der Waals surface area contributed by atoms with Crippen molar-refractivity contribution < 1.29 is 35.0 Å². The van der Waals surface area contributed by atoms with Crippen molar-refractivity contribution in [2.24, 2.45) is 0 Å². The molecule has 3 rings (SSSR count). The van der Waals surface area contributed by atoms with E-state index in [1.807, 2.05) is 0 Å². The summed E-state index contributed by atoms with van der Waals surface area (Å²) in [6.45, 7) is 3.33. The van der Waals surface area contributed by atoms with E-state index in [1.54, 1.807) is 0 Å². The van der Waals surface area contributed by atoms with Crippen LogP contribution < -0.4 is 0 Å². The normalized spacial score (nSPS) is 35.9. The van der Waals surface area contributed by atoms with Crippen molar-refractivity contribution in [3.8, 4) is 0 Å². The van der Waals surface area contributed by atoms with Crippen LogP contribution in [0.4, 0.5) is 0 Å². The van der Waals surface area contributed by atoms with Crippen molar-refractivity contribution in [1.29, 1.82) is 0 Å². The molecule has 0 spiro atoms. The molecule has 3 fully saturated rings. The highest BCUT2D eigenvalue weighted by Gasteiger charge is 2.60. The summed E-state index contributed by atoms with van der Waals surface area (Å²) < 4.78 is 59.9. The van der Waals surface area contributed by atoms with Gasteiger partial charge < -0.3 is 13.4 Å². The first-order valence-electron chi connectivity index (χ1n) is 4.44. The van der Waals surface area contributed by atoms with E-state index in [9.17, 15) is 21.6 Å². The molecule has 17 heavy (non-hydrogen) atoms. The maximum absolute atomic E-state index is 11.6. The summed E-state index contributed by atoms with van der Waals surface area (Å²) in [4.78, 5) is 11.4. The molecule has 0 aromatic carbocycles. The van der Waals surface area contributed by atoms with Crippen molar-refractivity contribution in [3.63, 3.8) is 0 Å². The minimum Gasteiger partial charge on any atom is -0.650 e. The summed E-state index contributed by atoms with van der Waals surface area (Å²) in [5.41, 5.74) is 0. The SMILES string of the molecule is C=C1CC2C(=O)O[B-](S(C)(=O)=O)(O1)OS2(=O)=O. The lowest BCUT2D eigenvalue weighted by molar-refractivity contribution is -0.137. The Kier molecular flexibility index (Phi) is 2.36. The van der Waals surface area contributed by atoms with Crippen LogP contribution in [0.3, 0.4) is 0 Å². The number of hydrogen-bond acceptors (Lipinski definition) is 8. The van der Waals surface area contributed by atoms with Crippen LogP contribution in [-0.2, 0) is 38.0 Å². The van der Waals surface area contributed by atoms with E-state index in [2.05, 4.69) is 15.3 Å². The van der Waals surface area contributed by atoms with Gasteiger partial charge in [-0.15, -0.1) is 0 Å². The molecule has 2 atom stereocenters. The summed E-state index contributed by atoms with van der Waals surface area (Å²) >= 11 is 0. The van der Waals surface area contributed by atoms with Gasteiger partial charge in [-0.1, -0.05) is 6.58 Å². The van der Waals surface area contributed by atoms with Crippen LogP contribution in [0, 0.1) is 0 Å². The summed E-state index contributed by atoms with van der Waals surface area (Å²) in [6.07, 6.45) is 0.259. The molecule has 0 N–H and O–H groups in total. The van der Waals surface area contributed by atoms with Crippen molar-refractivity contribution in [3.05, 3.63) is 12.3 Å². The fraction of sp³-hybridized carbons (Fsp3) is 0.500. The van der Waals surface area contributed by atoms with Crippen molar-refractivity contribution in [2.75, 3.05) is 6.26 Å². The van der Waals surface area contributed by atoms with Crippen LogP contribution in [0.1, 0.15) is 6.42 Å². The molecule has 2 bridgehead atoms. The number of hydrogen-bond donors (Lipinski definition) is 0. The second-order valence-electron chi connectivity index (χ2n) is 3.78. The van der Waals surface area contributed by atoms with E-state index < -0.39 is 37.1 Å². The number of carbonyl (C=O) groups is 1. The average molecular weight is 283 g/mol. The van der Waals surface area contributed by atoms with Crippen LogP contribution in [0.2, 0.25) is 0 Å². The highest BCUT2D eigenvalue weighted by atomic mass is 32.2. The van der Waals surface area contributed by atoms with Crippen molar-refractivity contribution >= 4 is 31.8 Å². The van der Waals surface area contributed by atoms with Gasteiger partial charge in [-0.2, -0.15) is 0 Å². The predicted molar refractivity (Wildman–Crippen MR) is 55.3 cm³/mol. The Labute approximate surface area is 97.5 Å². The fourth-order valence-electron chi connectivity index (χ4n) is 1.52. The summed E-state index contributed by atoms with van der Waals surface area (Å²) in [6, 6.07) is -3.74. The third kappa shape index (κ3) is 1.74. The zero-order valence-electron chi connectivity index (χ0n) is 8.65. The van der Waals surface area contributed by atoms with Gasteiger partial charge in [-0.3, -0.25) is 13.2 Å². The third-order valence-electron chi connectivity index (χ3n) is 2.37. The number of fused-ring (bicyclic) bond motifs is 4. The average Bonchev–Trinajstić information content (AvgIpc) is 2.26. The summed E-state index contributed by atoms with van der Waals surface area (Å²) in [5.74, 6) is -1.40. The Bertz CT molecular complexity index is 600. The maximum atomic E-state index is 11.6. The van der Waals surface area contributed by atoms with Crippen LogP contribution in [0.15, 0.2) is 12.3 Å². The Hall–Kier alpha value is -1.07. The first kappa shape index (κ1) is 12.4. The molecule has 11 heteroatoms. The lowest BCUT2D eigenvalue weighted by Gasteiger charge is -2.39. The molecule has 96 valence electrons. The lowest BCUT2D eigenvalue weighted by Crippen LogP contribution is -2.59. The molecule has 0 aromatic rings. The molecule has 8 nitrogen and oxygen atoms in total. The smallest absolute Gasteiger partial charge is 0.633 e. The topological polar surface area (TPSA) is 113 Å². The minimum absolute atomic E-state index is 0.188. The molecular weight excluding hydrogens is 275 g/mol.